The molecule has 0 bridgehead atoms. The Balaban J connectivity index is 1.34. The number of aromatic nitrogens is 2. The van der Waals surface area contributed by atoms with Crippen molar-refractivity contribution in [2.24, 2.45) is 0 Å². The van der Waals surface area contributed by atoms with E-state index in [4.69, 9.17) is 4.52 Å². The summed E-state index contributed by atoms with van der Waals surface area (Å²) in [5.41, 5.74) is 2.43. The standard InChI is InChI=1S/C21H21FN4O2/c1-15-4-2-5-16(12-15)20-23-19(24-28-20)14-25-8-10-26(11-9-25)21(27)17-6-3-7-18(22)13-17/h2-7,12-13H,8-11,14H2,1H3. The number of benzene rings is 2. The van der Waals surface area contributed by atoms with Crippen molar-refractivity contribution in [3.63, 3.8) is 0 Å². The predicted molar refractivity (Wildman–Crippen MR) is 102 cm³/mol. The maximum absolute atomic E-state index is 13.3. The van der Waals surface area contributed by atoms with Gasteiger partial charge in [-0.25, -0.2) is 4.39 Å². The van der Waals surface area contributed by atoms with Gasteiger partial charge in [-0.2, -0.15) is 4.98 Å². The lowest BCUT2D eigenvalue weighted by Crippen LogP contribution is -2.48. The van der Waals surface area contributed by atoms with Crippen LogP contribution in [0, 0.1) is 12.7 Å². The second-order valence-electron chi connectivity index (χ2n) is 6.96. The molecule has 6 nitrogen and oxygen atoms in total. The van der Waals surface area contributed by atoms with E-state index in [9.17, 15) is 9.18 Å². The highest BCUT2D eigenvalue weighted by Crippen LogP contribution is 2.19. The number of rotatable bonds is 4. The van der Waals surface area contributed by atoms with E-state index in [1.807, 2.05) is 31.2 Å². The van der Waals surface area contributed by atoms with Crippen LogP contribution in [0.15, 0.2) is 53.1 Å². The number of nitrogens with zero attached hydrogens (tertiary/aromatic N) is 4. The quantitative estimate of drug-likeness (QED) is 0.696. The summed E-state index contributed by atoms with van der Waals surface area (Å²) in [7, 11) is 0. The maximum atomic E-state index is 13.3. The zero-order chi connectivity index (χ0) is 19.5. The van der Waals surface area contributed by atoms with Gasteiger partial charge in [0.1, 0.15) is 5.82 Å². The van der Waals surface area contributed by atoms with Gasteiger partial charge in [-0.05, 0) is 37.3 Å². The van der Waals surface area contributed by atoms with Crippen molar-refractivity contribution in [2.75, 3.05) is 26.2 Å². The highest BCUT2D eigenvalue weighted by Gasteiger charge is 2.23. The number of aryl methyl sites for hydroxylation is 1. The lowest BCUT2D eigenvalue weighted by atomic mass is 10.1. The fraction of sp³-hybridized carbons (Fsp3) is 0.286. The second kappa shape index (κ2) is 7.90. The monoisotopic (exact) mass is 380 g/mol. The number of carbonyl (C=O) groups excluding carboxylic acids is 1. The molecule has 1 aliphatic rings. The van der Waals surface area contributed by atoms with Gasteiger partial charge in [0, 0.05) is 37.3 Å². The van der Waals surface area contributed by atoms with Gasteiger partial charge < -0.3 is 9.42 Å². The summed E-state index contributed by atoms with van der Waals surface area (Å²) in [5, 5.41) is 4.08. The molecule has 0 radical (unpaired) electrons. The van der Waals surface area contributed by atoms with Crippen LogP contribution in [-0.2, 0) is 6.54 Å². The van der Waals surface area contributed by atoms with Crippen molar-refractivity contribution in [3.8, 4) is 11.5 Å². The molecule has 0 saturated carbocycles. The number of hydrogen-bond acceptors (Lipinski definition) is 5. The van der Waals surface area contributed by atoms with E-state index in [0.29, 0.717) is 50.0 Å². The first-order chi connectivity index (χ1) is 13.6. The van der Waals surface area contributed by atoms with Crippen molar-refractivity contribution in [1.82, 2.24) is 19.9 Å². The van der Waals surface area contributed by atoms with Crippen LogP contribution in [0.25, 0.3) is 11.5 Å². The Hall–Kier alpha value is -3.06. The Labute approximate surface area is 162 Å². The third-order valence-corrected chi connectivity index (χ3v) is 4.83. The molecule has 0 atom stereocenters. The largest absolute Gasteiger partial charge is 0.336 e. The molecule has 0 unspecified atom stereocenters. The van der Waals surface area contributed by atoms with Gasteiger partial charge in [-0.15, -0.1) is 0 Å². The van der Waals surface area contributed by atoms with Gasteiger partial charge in [-0.3, -0.25) is 9.69 Å². The first kappa shape index (κ1) is 18.3. The Morgan fingerprint density at radius 1 is 1.11 bits per heavy atom. The molecule has 2 aromatic carbocycles. The number of hydrogen-bond donors (Lipinski definition) is 0. The summed E-state index contributed by atoms with van der Waals surface area (Å²) in [6.45, 7) is 5.16. The third kappa shape index (κ3) is 4.09. The fourth-order valence-corrected chi connectivity index (χ4v) is 3.33. The Kier molecular flexibility index (Phi) is 5.16. The van der Waals surface area contributed by atoms with Gasteiger partial charge in [0.25, 0.3) is 11.8 Å². The first-order valence-electron chi connectivity index (χ1n) is 9.25. The molecule has 144 valence electrons. The van der Waals surface area contributed by atoms with Gasteiger partial charge >= 0.3 is 0 Å². The lowest BCUT2D eigenvalue weighted by Gasteiger charge is -2.34. The molecule has 2 heterocycles. The number of piperazine rings is 1. The van der Waals surface area contributed by atoms with E-state index in [1.54, 1.807) is 17.0 Å². The minimum Gasteiger partial charge on any atom is -0.336 e. The maximum Gasteiger partial charge on any atom is 0.257 e. The molecule has 1 saturated heterocycles. The summed E-state index contributed by atoms with van der Waals surface area (Å²) in [5.74, 6) is 0.603. The average molecular weight is 380 g/mol. The Morgan fingerprint density at radius 2 is 1.89 bits per heavy atom. The molecule has 3 aromatic rings. The SMILES string of the molecule is Cc1cccc(-c2nc(CN3CCN(C(=O)c4cccc(F)c4)CC3)no2)c1. The van der Waals surface area contributed by atoms with E-state index in [2.05, 4.69) is 15.0 Å². The topological polar surface area (TPSA) is 62.5 Å². The summed E-state index contributed by atoms with van der Waals surface area (Å²) in [6.07, 6.45) is 0. The van der Waals surface area contributed by atoms with Crippen LogP contribution in [0.4, 0.5) is 4.39 Å². The van der Waals surface area contributed by atoms with Crippen LogP contribution in [0.2, 0.25) is 0 Å². The molecular formula is C21H21FN4O2. The molecule has 1 aromatic heterocycles. The van der Waals surface area contributed by atoms with Gasteiger partial charge in [0.15, 0.2) is 5.82 Å². The average Bonchev–Trinajstić information content (AvgIpc) is 3.17. The summed E-state index contributed by atoms with van der Waals surface area (Å²) in [4.78, 5) is 20.9. The van der Waals surface area contributed by atoms with Gasteiger partial charge in [-0.1, -0.05) is 28.9 Å². The van der Waals surface area contributed by atoms with Crippen LogP contribution < -0.4 is 0 Å². The summed E-state index contributed by atoms with van der Waals surface area (Å²) in [6, 6.07) is 13.8. The van der Waals surface area contributed by atoms with Gasteiger partial charge in [0.2, 0.25) is 0 Å². The number of carbonyl (C=O) groups is 1. The number of amides is 1. The molecule has 1 fully saturated rings. The van der Waals surface area contributed by atoms with Crippen LogP contribution in [0.3, 0.4) is 0 Å². The Morgan fingerprint density at radius 3 is 2.64 bits per heavy atom. The van der Waals surface area contributed by atoms with E-state index in [-0.39, 0.29) is 5.91 Å². The van der Waals surface area contributed by atoms with Crippen LogP contribution in [0.1, 0.15) is 21.7 Å². The molecule has 0 aliphatic carbocycles. The second-order valence-corrected chi connectivity index (χ2v) is 6.96. The molecule has 1 amide bonds. The van der Waals surface area contributed by atoms with Crippen LogP contribution in [0.5, 0.6) is 0 Å². The van der Waals surface area contributed by atoms with Crippen molar-refractivity contribution < 1.29 is 13.7 Å². The predicted octanol–water partition coefficient (Wildman–Crippen LogP) is 3.14. The van der Waals surface area contributed by atoms with Crippen LogP contribution in [-0.4, -0.2) is 52.0 Å². The molecular weight excluding hydrogens is 359 g/mol. The summed E-state index contributed by atoms with van der Waals surface area (Å²) >= 11 is 0. The lowest BCUT2D eigenvalue weighted by molar-refractivity contribution is 0.0624. The zero-order valence-electron chi connectivity index (χ0n) is 15.6. The smallest absolute Gasteiger partial charge is 0.257 e. The van der Waals surface area contributed by atoms with E-state index >= 15 is 0 Å². The molecule has 7 heteroatoms. The van der Waals surface area contributed by atoms with Crippen molar-refractivity contribution >= 4 is 5.91 Å². The first-order valence-corrected chi connectivity index (χ1v) is 9.25. The van der Waals surface area contributed by atoms with Crippen molar-refractivity contribution in [1.29, 1.82) is 0 Å². The summed E-state index contributed by atoms with van der Waals surface area (Å²) < 4.78 is 18.7. The highest BCUT2D eigenvalue weighted by atomic mass is 19.1. The highest BCUT2D eigenvalue weighted by molar-refractivity contribution is 5.94. The Bertz CT molecular complexity index is 980. The fourth-order valence-electron chi connectivity index (χ4n) is 3.33. The molecule has 1 aliphatic heterocycles. The van der Waals surface area contributed by atoms with Crippen molar-refractivity contribution in [2.45, 2.75) is 13.5 Å². The molecule has 0 spiro atoms. The van der Waals surface area contributed by atoms with E-state index in [1.165, 1.54) is 12.1 Å². The minimum absolute atomic E-state index is 0.138. The third-order valence-electron chi connectivity index (χ3n) is 4.83. The molecule has 4 rings (SSSR count). The van der Waals surface area contributed by atoms with Crippen LogP contribution >= 0.6 is 0 Å². The van der Waals surface area contributed by atoms with Gasteiger partial charge in [0.05, 0.1) is 6.54 Å². The van der Waals surface area contributed by atoms with E-state index < -0.39 is 5.82 Å². The van der Waals surface area contributed by atoms with Crippen molar-refractivity contribution in [3.05, 3.63) is 71.3 Å². The minimum atomic E-state index is -0.397. The normalized spacial score (nSPS) is 15.0. The van der Waals surface area contributed by atoms with E-state index in [0.717, 1.165) is 11.1 Å². The zero-order valence-corrected chi connectivity index (χ0v) is 15.6. The molecule has 28 heavy (non-hydrogen) atoms. The number of halogens is 1. The molecule has 0 N–H and O–H groups in total.